The van der Waals surface area contributed by atoms with Gasteiger partial charge in [0.15, 0.2) is 0 Å². The summed E-state index contributed by atoms with van der Waals surface area (Å²) in [5.74, 6) is 0. The number of hydrogen-bond donors (Lipinski definition) is 3. The predicted octanol–water partition coefficient (Wildman–Crippen LogP) is 1.65. The quantitative estimate of drug-likeness (QED) is 0.711. The Labute approximate surface area is 110 Å². The lowest BCUT2D eigenvalue weighted by Crippen LogP contribution is -2.26. The largest absolute Gasteiger partial charge is 0.330 e. The predicted molar refractivity (Wildman–Crippen MR) is 72.2 cm³/mol. The van der Waals surface area contributed by atoms with E-state index in [0.717, 1.165) is 44.2 Å². The summed E-state index contributed by atoms with van der Waals surface area (Å²) in [6.07, 6.45) is 6.61. The molecule has 0 aromatic heterocycles. The molecule has 18 heavy (non-hydrogen) atoms. The van der Waals surface area contributed by atoms with Crippen LogP contribution in [0.25, 0.3) is 0 Å². The minimum Gasteiger partial charge on any atom is -0.307 e. The molecule has 0 heterocycles. The fourth-order valence-electron chi connectivity index (χ4n) is 3.15. The van der Waals surface area contributed by atoms with Crippen LogP contribution < -0.4 is 10.0 Å². The summed E-state index contributed by atoms with van der Waals surface area (Å²) in [5.41, 5.74) is 6.32. The van der Waals surface area contributed by atoms with Gasteiger partial charge in [0.25, 0.3) is 0 Å². The molecule has 4 nitrogen and oxygen atoms in total. The third-order valence-electron chi connectivity index (χ3n) is 3.86. The van der Waals surface area contributed by atoms with E-state index in [1.165, 1.54) is 22.3 Å². The second-order valence-corrected chi connectivity index (χ2v) is 5.30. The van der Waals surface area contributed by atoms with Gasteiger partial charge in [-0.2, -0.15) is 0 Å². The van der Waals surface area contributed by atoms with E-state index in [-0.39, 0.29) is 17.9 Å². The molecule has 0 atom stereocenters. The lowest BCUT2D eigenvalue weighted by Gasteiger charge is -2.15. The zero-order valence-electron chi connectivity index (χ0n) is 10.1. The Morgan fingerprint density at radius 2 is 1.67 bits per heavy atom. The van der Waals surface area contributed by atoms with Gasteiger partial charge in [-0.25, -0.2) is 9.00 Å². The summed E-state index contributed by atoms with van der Waals surface area (Å²) in [5, 5.41) is 2.89. The van der Waals surface area contributed by atoms with Gasteiger partial charge in [-0.05, 0) is 60.8 Å². The number of amides is 2. The third-order valence-corrected chi connectivity index (χ3v) is 4.15. The van der Waals surface area contributed by atoms with E-state index >= 15 is 0 Å². The lowest BCUT2D eigenvalue weighted by atomic mass is 9.99. The summed E-state index contributed by atoms with van der Waals surface area (Å²) in [4.78, 5) is 11.6. The summed E-state index contributed by atoms with van der Waals surface area (Å²) >= 11 is -0.359. The Morgan fingerprint density at radius 1 is 1.06 bits per heavy atom. The van der Waals surface area contributed by atoms with Crippen molar-refractivity contribution in [3.8, 4) is 0 Å². The molecule has 2 N–H and O–H groups in total. The highest BCUT2D eigenvalue weighted by molar-refractivity contribution is 7.64. The monoisotopic (exact) mass is 264 g/mol. The number of fused-ring (bicyclic) bond motifs is 2. The summed E-state index contributed by atoms with van der Waals surface area (Å²) in [6, 6.07) is 1.93. The first kappa shape index (κ1) is 11.7. The van der Waals surface area contributed by atoms with Crippen molar-refractivity contribution in [2.75, 3.05) is 5.32 Å². The van der Waals surface area contributed by atoms with Crippen molar-refractivity contribution in [1.82, 2.24) is 4.72 Å². The van der Waals surface area contributed by atoms with E-state index in [9.17, 15) is 9.00 Å². The molecule has 0 saturated heterocycles. The fraction of sp³-hybridized carbons (Fsp3) is 0.462. The number of nitrogens with one attached hydrogen (secondary N) is 2. The Kier molecular flexibility index (Phi) is 3.07. The van der Waals surface area contributed by atoms with Crippen LogP contribution in [0.5, 0.6) is 0 Å². The molecule has 2 aliphatic rings. The van der Waals surface area contributed by atoms with Gasteiger partial charge in [-0.1, -0.05) is 6.07 Å². The van der Waals surface area contributed by atoms with Crippen LogP contribution in [0.1, 0.15) is 35.1 Å². The third kappa shape index (κ3) is 1.92. The van der Waals surface area contributed by atoms with E-state index < -0.39 is 0 Å². The molecule has 0 spiro atoms. The van der Waals surface area contributed by atoms with Crippen LogP contribution in [-0.2, 0) is 37.5 Å². The van der Waals surface area contributed by atoms with Crippen molar-refractivity contribution < 1.29 is 9.00 Å². The molecule has 0 radical (unpaired) electrons. The van der Waals surface area contributed by atoms with Crippen molar-refractivity contribution in [2.24, 2.45) is 0 Å². The maximum absolute atomic E-state index is 11.6. The van der Waals surface area contributed by atoms with Crippen molar-refractivity contribution in [1.29, 1.82) is 0 Å². The van der Waals surface area contributed by atoms with Crippen LogP contribution in [0.3, 0.4) is 0 Å². The number of anilines is 1. The number of thiol groups is 1. The van der Waals surface area contributed by atoms with Gasteiger partial charge >= 0.3 is 6.03 Å². The van der Waals surface area contributed by atoms with Crippen LogP contribution in [0.15, 0.2) is 6.07 Å². The number of aryl methyl sites for hydroxylation is 2. The molecule has 2 aliphatic carbocycles. The first-order chi connectivity index (χ1) is 8.79. The molecule has 0 bridgehead atoms. The van der Waals surface area contributed by atoms with Crippen LogP contribution in [-0.4, -0.2) is 10.2 Å². The highest BCUT2D eigenvalue weighted by atomic mass is 32.2. The number of hydrogen-bond acceptors (Lipinski definition) is 2. The lowest BCUT2D eigenvalue weighted by molar-refractivity contribution is 0.257. The second-order valence-electron chi connectivity index (χ2n) is 4.89. The SMILES string of the molecule is O=[SH]NC(=O)Nc1c2c(cc3c1CCC3)CCC2. The van der Waals surface area contributed by atoms with E-state index in [0.29, 0.717) is 0 Å². The number of urea groups is 1. The van der Waals surface area contributed by atoms with Gasteiger partial charge < -0.3 is 5.32 Å². The molecule has 0 fully saturated rings. The maximum Gasteiger partial charge on any atom is 0.330 e. The van der Waals surface area contributed by atoms with E-state index in [4.69, 9.17) is 0 Å². The van der Waals surface area contributed by atoms with Crippen molar-refractivity contribution in [3.05, 3.63) is 28.3 Å². The average molecular weight is 264 g/mol. The highest BCUT2D eigenvalue weighted by Crippen LogP contribution is 2.38. The Balaban J connectivity index is 2.01. The zero-order valence-corrected chi connectivity index (χ0v) is 11.0. The van der Waals surface area contributed by atoms with Gasteiger partial charge in [0.2, 0.25) is 0 Å². The zero-order chi connectivity index (χ0) is 12.5. The van der Waals surface area contributed by atoms with Crippen molar-refractivity contribution in [3.63, 3.8) is 0 Å². The summed E-state index contributed by atoms with van der Waals surface area (Å²) in [6.45, 7) is 0. The number of carbonyl (C=O) groups is 1. The average Bonchev–Trinajstić information content (AvgIpc) is 2.96. The van der Waals surface area contributed by atoms with Gasteiger partial charge in [-0.15, -0.1) is 0 Å². The minimum atomic E-state index is -0.388. The van der Waals surface area contributed by atoms with Crippen LogP contribution in [0.2, 0.25) is 0 Å². The molecule has 0 saturated carbocycles. The highest BCUT2D eigenvalue weighted by Gasteiger charge is 2.24. The van der Waals surface area contributed by atoms with Gasteiger partial charge in [-0.3, -0.25) is 4.72 Å². The number of rotatable bonds is 2. The van der Waals surface area contributed by atoms with E-state index in [1.807, 2.05) is 0 Å². The molecular formula is C13H16N2O2S. The summed E-state index contributed by atoms with van der Waals surface area (Å²) in [7, 11) is 0. The molecule has 2 amide bonds. The Hall–Kier alpha value is -1.36. The molecule has 96 valence electrons. The molecular weight excluding hydrogens is 248 g/mol. The van der Waals surface area contributed by atoms with Gasteiger partial charge in [0.1, 0.15) is 11.9 Å². The standard InChI is InChI=1S/C13H16N2O2S/c16-13(15-18-17)14-12-10-5-1-3-8(10)7-9-4-2-6-11(9)12/h7,18H,1-6H2,(H2,14,15,16,17). The van der Waals surface area contributed by atoms with Crippen LogP contribution in [0, 0.1) is 0 Å². The van der Waals surface area contributed by atoms with Crippen molar-refractivity contribution >= 4 is 23.6 Å². The van der Waals surface area contributed by atoms with Crippen molar-refractivity contribution in [2.45, 2.75) is 38.5 Å². The Morgan fingerprint density at radius 3 is 2.22 bits per heavy atom. The summed E-state index contributed by atoms with van der Waals surface area (Å²) < 4.78 is 12.6. The maximum atomic E-state index is 11.6. The molecule has 5 heteroatoms. The minimum absolute atomic E-state index is 0.359. The molecule has 3 rings (SSSR count). The second kappa shape index (κ2) is 4.72. The van der Waals surface area contributed by atoms with E-state index in [2.05, 4.69) is 16.1 Å². The van der Waals surface area contributed by atoms with E-state index in [1.54, 1.807) is 0 Å². The molecule has 1 aromatic carbocycles. The smallest absolute Gasteiger partial charge is 0.307 e. The number of benzene rings is 1. The van der Waals surface area contributed by atoms with Gasteiger partial charge in [0.05, 0.1) is 0 Å². The first-order valence-corrected chi connectivity index (χ1v) is 7.16. The normalized spacial score (nSPS) is 16.2. The van der Waals surface area contributed by atoms with Crippen LogP contribution in [0.4, 0.5) is 10.5 Å². The first-order valence-electron chi connectivity index (χ1n) is 6.35. The van der Waals surface area contributed by atoms with Crippen LogP contribution >= 0.6 is 0 Å². The topological polar surface area (TPSA) is 58.2 Å². The Bertz CT molecular complexity index is 496. The molecule has 0 unspecified atom stereocenters. The fourth-order valence-corrected chi connectivity index (χ4v) is 3.29. The van der Waals surface area contributed by atoms with Gasteiger partial charge in [0, 0.05) is 5.69 Å². The number of carbonyl (C=O) groups excluding carboxylic acids is 1. The molecule has 1 aromatic rings. The molecule has 0 aliphatic heterocycles.